The number of carbonyl (C=O) groups is 3. The molecule has 2 aromatic carbocycles. The van der Waals surface area contributed by atoms with E-state index in [-0.39, 0.29) is 16.7 Å². The highest BCUT2D eigenvalue weighted by Crippen LogP contribution is 2.23. The fraction of sp³-hybridized carbons (Fsp3) is 0. The van der Waals surface area contributed by atoms with Gasteiger partial charge in [0.05, 0.1) is 22.4 Å². The van der Waals surface area contributed by atoms with E-state index >= 15 is 0 Å². The Bertz CT molecular complexity index is 945. The third kappa shape index (κ3) is 2.45. The van der Waals surface area contributed by atoms with Gasteiger partial charge >= 0.3 is 5.97 Å². The fourth-order valence-corrected chi connectivity index (χ4v) is 2.48. The molecule has 0 bridgehead atoms. The Kier molecular flexibility index (Phi) is 3.35. The van der Waals surface area contributed by atoms with Gasteiger partial charge < -0.3 is 4.84 Å². The maximum atomic E-state index is 12.2. The van der Waals surface area contributed by atoms with Crippen LogP contribution < -0.4 is 0 Å². The van der Waals surface area contributed by atoms with Crippen LogP contribution >= 0.6 is 0 Å². The second-order valence-electron chi connectivity index (χ2n) is 5.22. The fourth-order valence-electron chi connectivity index (χ4n) is 2.48. The van der Waals surface area contributed by atoms with Gasteiger partial charge in [-0.3, -0.25) is 9.59 Å². The van der Waals surface area contributed by atoms with Crippen molar-refractivity contribution in [3.63, 3.8) is 0 Å². The Hall–Kier alpha value is -3.81. The van der Waals surface area contributed by atoms with Crippen molar-refractivity contribution in [2.75, 3.05) is 0 Å². The van der Waals surface area contributed by atoms with Crippen molar-refractivity contribution in [3.8, 4) is 5.69 Å². The van der Waals surface area contributed by atoms with Gasteiger partial charge in [0.1, 0.15) is 12.7 Å². The average molecular weight is 334 g/mol. The summed E-state index contributed by atoms with van der Waals surface area (Å²) in [7, 11) is 0. The standard InChI is InChI=1S/C17H10N4O4/c22-15-13-3-1-2-4-14(13)16(23)21(15)25-17(24)11-5-7-12(8-6-11)20-10-18-9-19-20/h1-10H. The van der Waals surface area contributed by atoms with Crippen molar-refractivity contribution in [2.24, 2.45) is 0 Å². The molecule has 1 aromatic heterocycles. The molecule has 2 heterocycles. The first-order valence-corrected chi connectivity index (χ1v) is 7.30. The summed E-state index contributed by atoms with van der Waals surface area (Å²) in [5, 5.41) is 4.46. The molecule has 0 aliphatic carbocycles. The summed E-state index contributed by atoms with van der Waals surface area (Å²) >= 11 is 0. The summed E-state index contributed by atoms with van der Waals surface area (Å²) < 4.78 is 1.53. The van der Waals surface area contributed by atoms with Crippen LogP contribution in [0.5, 0.6) is 0 Å². The molecule has 0 saturated carbocycles. The number of nitrogens with zero attached hydrogens (tertiary/aromatic N) is 4. The van der Waals surface area contributed by atoms with Gasteiger partial charge in [0, 0.05) is 0 Å². The molecule has 8 nitrogen and oxygen atoms in total. The number of carbonyl (C=O) groups excluding carboxylic acids is 3. The molecule has 0 N–H and O–H groups in total. The third-order valence-electron chi connectivity index (χ3n) is 3.72. The van der Waals surface area contributed by atoms with Gasteiger partial charge in [-0.15, -0.1) is 0 Å². The molecule has 2 amide bonds. The first-order chi connectivity index (χ1) is 12.1. The van der Waals surface area contributed by atoms with Crippen molar-refractivity contribution in [1.29, 1.82) is 0 Å². The van der Waals surface area contributed by atoms with Gasteiger partial charge in [-0.25, -0.2) is 14.5 Å². The smallest absolute Gasteiger partial charge is 0.324 e. The number of benzene rings is 2. The van der Waals surface area contributed by atoms with Crippen LogP contribution in [0.4, 0.5) is 0 Å². The quantitative estimate of drug-likeness (QED) is 0.676. The summed E-state index contributed by atoms with van der Waals surface area (Å²) in [6.07, 6.45) is 2.91. The van der Waals surface area contributed by atoms with Crippen molar-refractivity contribution in [3.05, 3.63) is 77.9 Å². The van der Waals surface area contributed by atoms with E-state index in [2.05, 4.69) is 10.1 Å². The maximum Gasteiger partial charge on any atom is 0.363 e. The van der Waals surface area contributed by atoms with Crippen molar-refractivity contribution in [2.45, 2.75) is 0 Å². The molecular formula is C17H10N4O4. The summed E-state index contributed by atoms with van der Waals surface area (Å²) in [6, 6.07) is 12.6. The lowest BCUT2D eigenvalue weighted by Gasteiger charge is -2.12. The van der Waals surface area contributed by atoms with Crippen molar-refractivity contribution in [1.82, 2.24) is 19.8 Å². The second kappa shape index (κ2) is 5.68. The van der Waals surface area contributed by atoms with Crippen LogP contribution in [0.1, 0.15) is 31.1 Å². The minimum absolute atomic E-state index is 0.195. The average Bonchev–Trinajstić information content (AvgIpc) is 3.26. The van der Waals surface area contributed by atoms with E-state index < -0.39 is 17.8 Å². The minimum Gasteiger partial charge on any atom is -0.324 e. The molecule has 122 valence electrons. The topological polar surface area (TPSA) is 94.4 Å². The molecule has 3 aromatic rings. The Balaban J connectivity index is 1.53. The van der Waals surface area contributed by atoms with E-state index in [9.17, 15) is 14.4 Å². The van der Waals surface area contributed by atoms with Gasteiger partial charge in [0.25, 0.3) is 11.8 Å². The predicted octanol–water partition coefficient (Wildman–Crippen LogP) is 1.64. The molecule has 0 radical (unpaired) electrons. The Morgan fingerprint density at radius 3 is 2.12 bits per heavy atom. The normalized spacial score (nSPS) is 13.0. The SMILES string of the molecule is O=C(ON1C(=O)c2ccccc2C1=O)c1ccc(-n2cncn2)cc1. The highest BCUT2D eigenvalue weighted by molar-refractivity contribution is 6.21. The number of aromatic nitrogens is 3. The largest absolute Gasteiger partial charge is 0.363 e. The van der Waals surface area contributed by atoms with Gasteiger partial charge in [0.15, 0.2) is 0 Å². The van der Waals surface area contributed by atoms with Crippen molar-refractivity contribution >= 4 is 17.8 Å². The molecule has 0 unspecified atom stereocenters. The molecule has 0 fully saturated rings. The molecule has 25 heavy (non-hydrogen) atoms. The number of imide groups is 1. The predicted molar refractivity (Wildman–Crippen MR) is 83.7 cm³/mol. The summed E-state index contributed by atoms with van der Waals surface area (Å²) in [4.78, 5) is 45.5. The summed E-state index contributed by atoms with van der Waals surface area (Å²) in [5.74, 6) is -2.12. The molecular weight excluding hydrogens is 324 g/mol. The maximum absolute atomic E-state index is 12.2. The lowest BCUT2D eigenvalue weighted by Crippen LogP contribution is -2.32. The van der Waals surface area contributed by atoms with Crippen molar-refractivity contribution < 1.29 is 19.2 Å². The molecule has 1 aliphatic rings. The van der Waals surface area contributed by atoms with Crippen LogP contribution in [0.3, 0.4) is 0 Å². The lowest BCUT2D eigenvalue weighted by molar-refractivity contribution is -0.0584. The number of hydrogen-bond acceptors (Lipinski definition) is 6. The van der Waals surface area contributed by atoms with Crippen LogP contribution in [-0.2, 0) is 4.84 Å². The van der Waals surface area contributed by atoms with E-state index in [1.807, 2.05) is 0 Å². The number of rotatable bonds is 3. The van der Waals surface area contributed by atoms with Crippen LogP contribution in [0.2, 0.25) is 0 Å². The zero-order chi connectivity index (χ0) is 17.4. The zero-order valence-corrected chi connectivity index (χ0v) is 12.7. The lowest BCUT2D eigenvalue weighted by atomic mass is 10.1. The second-order valence-corrected chi connectivity index (χ2v) is 5.22. The minimum atomic E-state index is -0.806. The van der Waals surface area contributed by atoms with E-state index in [1.54, 1.807) is 24.3 Å². The zero-order valence-electron chi connectivity index (χ0n) is 12.7. The van der Waals surface area contributed by atoms with Gasteiger partial charge in [0.2, 0.25) is 0 Å². The van der Waals surface area contributed by atoms with Gasteiger partial charge in [-0.2, -0.15) is 5.10 Å². The molecule has 1 aliphatic heterocycles. The van der Waals surface area contributed by atoms with E-state index in [1.165, 1.54) is 41.6 Å². The van der Waals surface area contributed by atoms with Crippen LogP contribution in [0.15, 0.2) is 61.2 Å². The Morgan fingerprint density at radius 1 is 0.920 bits per heavy atom. The van der Waals surface area contributed by atoms with Crippen LogP contribution in [-0.4, -0.2) is 37.6 Å². The van der Waals surface area contributed by atoms with E-state index in [4.69, 9.17) is 4.84 Å². The van der Waals surface area contributed by atoms with E-state index in [0.29, 0.717) is 10.8 Å². The van der Waals surface area contributed by atoms with Gasteiger partial charge in [-0.1, -0.05) is 17.2 Å². The Labute approximate surface area is 141 Å². The number of hydrogen-bond donors (Lipinski definition) is 0. The third-order valence-corrected chi connectivity index (χ3v) is 3.72. The number of amides is 2. The number of fused-ring (bicyclic) bond motifs is 1. The number of hydroxylamine groups is 2. The van der Waals surface area contributed by atoms with Crippen LogP contribution in [0, 0.1) is 0 Å². The molecule has 0 atom stereocenters. The monoisotopic (exact) mass is 334 g/mol. The summed E-state index contributed by atoms with van der Waals surface area (Å²) in [6.45, 7) is 0. The van der Waals surface area contributed by atoms with Gasteiger partial charge in [-0.05, 0) is 36.4 Å². The molecule has 0 spiro atoms. The Morgan fingerprint density at radius 2 is 1.56 bits per heavy atom. The molecule has 8 heteroatoms. The van der Waals surface area contributed by atoms with E-state index in [0.717, 1.165) is 0 Å². The highest BCUT2D eigenvalue weighted by atomic mass is 16.7. The first kappa shape index (κ1) is 14.8. The molecule has 4 rings (SSSR count). The summed E-state index contributed by atoms with van der Waals surface area (Å²) in [5.41, 5.74) is 1.32. The first-order valence-electron chi connectivity index (χ1n) is 7.30. The molecule has 0 saturated heterocycles. The highest BCUT2D eigenvalue weighted by Gasteiger charge is 2.38. The van der Waals surface area contributed by atoms with Crippen LogP contribution in [0.25, 0.3) is 5.69 Å².